The molecule has 3 aromatic rings. The summed E-state index contributed by atoms with van der Waals surface area (Å²) in [6.45, 7) is 2.10. The van der Waals surface area contributed by atoms with Crippen LogP contribution in [0.15, 0.2) is 96.1 Å². The molecule has 24 heavy (non-hydrogen) atoms. The van der Waals surface area contributed by atoms with Gasteiger partial charge in [-0.25, -0.2) is 5.01 Å². The molecule has 0 saturated heterocycles. The SMILES string of the molecule is CC(CCc1ccccc1)=NN(c1ccccc1)c1ccccc1. The van der Waals surface area contributed by atoms with E-state index in [0.29, 0.717) is 0 Å². The second-order valence-electron chi connectivity index (χ2n) is 5.80. The van der Waals surface area contributed by atoms with Crippen LogP contribution in [-0.4, -0.2) is 5.71 Å². The Morgan fingerprint density at radius 3 is 1.67 bits per heavy atom. The van der Waals surface area contributed by atoms with Crippen LogP contribution in [-0.2, 0) is 6.42 Å². The highest BCUT2D eigenvalue weighted by atomic mass is 15.5. The summed E-state index contributed by atoms with van der Waals surface area (Å²) in [7, 11) is 0. The first-order chi connectivity index (χ1) is 11.8. The summed E-state index contributed by atoms with van der Waals surface area (Å²) in [5, 5.41) is 6.90. The zero-order valence-corrected chi connectivity index (χ0v) is 14.0. The first-order valence-electron chi connectivity index (χ1n) is 8.31. The number of anilines is 2. The van der Waals surface area contributed by atoms with Crippen molar-refractivity contribution in [3.8, 4) is 0 Å². The molecule has 120 valence electrons. The smallest absolute Gasteiger partial charge is 0.0652 e. The van der Waals surface area contributed by atoms with Gasteiger partial charge in [0.05, 0.1) is 11.4 Å². The van der Waals surface area contributed by atoms with E-state index in [1.54, 1.807) is 0 Å². The molecule has 0 N–H and O–H groups in total. The third kappa shape index (κ3) is 4.32. The molecule has 0 fully saturated rings. The molecule has 0 aliphatic carbocycles. The molecule has 0 radical (unpaired) electrons. The average Bonchev–Trinajstić information content (AvgIpc) is 2.67. The van der Waals surface area contributed by atoms with Crippen molar-refractivity contribution in [3.05, 3.63) is 96.6 Å². The second kappa shape index (κ2) is 8.11. The van der Waals surface area contributed by atoms with Crippen molar-refractivity contribution < 1.29 is 0 Å². The lowest BCUT2D eigenvalue weighted by Crippen LogP contribution is -2.12. The zero-order valence-electron chi connectivity index (χ0n) is 14.0. The highest BCUT2D eigenvalue weighted by Crippen LogP contribution is 2.25. The Morgan fingerprint density at radius 1 is 0.708 bits per heavy atom. The van der Waals surface area contributed by atoms with Crippen molar-refractivity contribution in [1.82, 2.24) is 0 Å². The van der Waals surface area contributed by atoms with Crippen LogP contribution in [0.1, 0.15) is 18.9 Å². The maximum absolute atomic E-state index is 4.88. The van der Waals surface area contributed by atoms with Crippen LogP contribution < -0.4 is 5.01 Å². The van der Waals surface area contributed by atoms with Gasteiger partial charge in [-0.2, -0.15) is 5.10 Å². The number of hydrazone groups is 1. The van der Waals surface area contributed by atoms with E-state index in [1.807, 2.05) is 41.4 Å². The highest BCUT2D eigenvalue weighted by Gasteiger charge is 2.08. The van der Waals surface area contributed by atoms with Gasteiger partial charge < -0.3 is 0 Å². The van der Waals surface area contributed by atoms with E-state index < -0.39 is 0 Å². The van der Waals surface area contributed by atoms with Crippen LogP contribution in [0, 0.1) is 0 Å². The quantitative estimate of drug-likeness (QED) is 0.412. The van der Waals surface area contributed by atoms with E-state index in [0.717, 1.165) is 29.9 Å². The van der Waals surface area contributed by atoms with E-state index in [1.165, 1.54) is 5.56 Å². The number of para-hydroxylation sites is 2. The summed E-state index contributed by atoms with van der Waals surface area (Å²) >= 11 is 0. The van der Waals surface area contributed by atoms with Crippen LogP contribution in [0.5, 0.6) is 0 Å². The van der Waals surface area contributed by atoms with E-state index in [-0.39, 0.29) is 0 Å². The van der Waals surface area contributed by atoms with Crippen LogP contribution >= 0.6 is 0 Å². The third-order valence-corrected chi connectivity index (χ3v) is 3.89. The van der Waals surface area contributed by atoms with Gasteiger partial charge in [-0.05, 0) is 49.6 Å². The van der Waals surface area contributed by atoms with E-state index in [2.05, 4.69) is 61.5 Å². The molecule has 2 heteroatoms. The predicted molar refractivity (Wildman–Crippen MR) is 103 cm³/mol. The third-order valence-electron chi connectivity index (χ3n) is 3.89. The summed E-state index contributed by atoms with van der Waals surface area (Å²) in [6.07, 6.45) is 1.95. The van der Waals surface area contributed by atoms with Gasteiger partial charge in [0, 0.05) is 5.71 Å². The standard InChI is InChI=1S/C22H22N2/c1-19(17-18-20-11-5-2-6-12-20)23-24(21-13-7-3-8-14-21)22-15-9-4-10-16-22/h2-16H,17-18H2,1H3. The largest absolute Gasteiger partial charge is 0.234 e. The Kier molecular flexibility index (Phi) is 5.41. The Hall–Kier alpha value is -2.87. The zero-order chi connectivity index (χ0) is 16.6. The minimum atomic E-state index is 0.945. The monoisotopic (exact) mass is 314 g/mol. The molecule has 3 aromatic carbocycles. The number of benzene rings is 3. The topological polar surface area (TPSA) is 15.6 Å². The lowest BCUT2D eigenvalue weighted by molar-refractivity contribution is 0.995. The van der Waals surface area contributed by atoms with E-state index in [9.17, 15) is 0 Å². The van der Waals surface area contributed by atoms with E-state index >= 15 is 0 Å². The molecular formula is C22H22N2. The first-order valence-corrected chi connectivity index (χ1v) is 8.31. The van der Waals surface area contributed by atoms with Crippen molar-refractivity contribution in [2.24, 2.45) is 5.10 Å². The molecule has 0 unspecified atom stereocenters. The molecule has 0 spiro atoms. The number of aryl methyl sites for hydroxylation is 1. The molecule has 0 saturated carbocycles. The van der Waals surface area contributed by atoms with Crippen LogP contribution in [0.2, 0.25) is 0 Å². The van der Waals surface area contributed by atoms with Gasteiger partial charge in [0.2, 0.25) is 0 Å². The van der Waals surface area contributed by atoms with Gasteiger partial charge in [0.25, 0.3) is 0 Å². The van der Waals surface area contributed by atoms with Gasteiger partial charge in [-0.15, -0.1) is 0 Å². The van der Waals surface area contributed by atoms with Gasteiger partial charge in [0.1, 0.15) is 0 Å². The molecule has 0 amide bonds. The summed E-state index contributed by atoms with van der Waals surface area (Å²) in [5.41, 5.74) is 4.61. The average molecular weight is 314 g/mol. The molecular weight excluding hydrogens is 292 g/mol. The van der Waals surface area contributed by atoms with Crippen molar-refractivity contribution in [2.75, 3.05) is 5.01 Å². The Morgan fingerprint density at radius 2 is 1.17 bits per heavy atom. The van der Waals surface area contributed by atoms with Crippen molar-refractivity contribution in [1.29, 1.82) is 0 Å². The van der Waals surface area contributed by atoms with Crippen molar-refractivity contribution in [2.45, 2.75) is 19.8 Å². The predicted octanol–water partition coefficient (Wildman–Crippen LogP) is 5.83. The summed E-state index contributed by atoms with van der Waals surface area (Å²) in [5.74, 6) is 0. The van der Waals surface area contributed by atoms with Gasteiger partial charge in [-0.3, -0.25) is 0 Å². The molecule has 0 atom stereocenters. The molecule has 0 aliphatic rings. The number of nitrogens with zero attached hydrogens (tertiary/aromatic N) is 2. The lowest BCUT2D eigenvalue weighted by atomic mass is 10.1. The van der Waals surface area contributed by atoms with Crippen molar-refractivity contribution in [3.63, 3.8) is 0 Å². The van der Waals surface area contributed by atoms with Crippen molar-refractivity contribution >= 4 is 17.1 Å². The molecule has 0 aromatic heterocycles. The Balaban J connectivity index is 1.80. The molecule has 0 heterocycles. The molecule has 3 rings (SSSR count). The number of hydrogen-bond donors (Lipinski definition) is 0. The first kappa shape index (κ1) is 16.0. The fraction of sp³-hybridized carbons (Fsp3) is 0.136. The lowest BCUT2D eigenvalue weighted by Gasteiger charge is -2.20. The number of rotatable bonds is 6. The van der Waals surface area contributed by atoms with Crippen LogP contribution in [0.3, 0.4) is 0 Å². The maximum Gasteiger partial charge on any atom is 0.0652 e. The normalized spacial score (nSPS) is 11.3. The Bertz CT molecular complexity index is 725. The summed E-state index contributed by atoms with van der Waals surface area (Å²) in [4.78, 5) is 0. The Labute approximate surface area is 144 Å². The van der Waals surface area contributed by atoms with Crippen LogP contribution in [0.4, 0.5) is 11.4 Å². The molecule has 0 aliphatic heterocycles. The van der Waals surface area contributed by atoms with Gasteiger partial charge in [0.15, 0.2) is 0 Å². The highest BCUT2D eigenvalue weighted by molar-refractivity contribution is 5.84. The van der Waals surface area contributed by atoms with Crippen LogP contribution in [0.25, 0.3) is 0 Å². The number of hydrogen-bond acceptors (Lipinski definition) is 2. The van der Waals surface area contributed by atoms with E-state index in [4.69, 9.17) is 5.10 Å². The summed E-state index contributed by atoms with van der Waals surface area (Å²) < 4.78 is 0. The second-order valence-corrected chi connectivity index (χ2v) is 5.80. The fourth-order valence-electron chi connectivity index (χ4n) is 2.59. The molecule has 0 bridgehead atoms. The minimum absolute atomic E-state index is 0.945. The summed E-state index contributed by atoms with van der Waals surface area (Å²) in [6, 6.07) is 31.1. The molecule has 2 nitrogen and oxygen atoms in total. The minimum Gasteiger partial charge on any atom is -0.234 e. The van der Waals surface area contributed by atoms with Gasteiger partial charge >= 0.3 is 0 Å². The maximum atomic E-state index is 4.88. The fourth-order valence-corrected chi connectivity index (χ4v) is 2.59. The van der Waals surface area contributed by atoms with Gasteiger partial charge in [-0.1, -0.05) is 66.7 Å².